The van der Waals surface area contributed by atoms with E-state index in [9.17, 15) is 4.39 Å². The standard InChI is InChI=1S/C16H18ClFN2/c1-20(2)16(12-7-9-13(17)10-8-12)11-19-15-6-4-3-5-14(15)18/h3-10,16,19H,11H2,1-2H3. The van der Waals surface area contributed by atoms with Gasteiger partial charge < -0.3 is 10.2 Å². The molecule has 20 heavy (non-hydrogen) atoms. The van der Waals surface area contributed by atoms with Gasteiger partial charge in [-0.3, -0.25) is 0 Å². The van der Waals surface area contributed by atoms with Crippen molar-refractivity contribution in [2.45, 2.75) is 6.04 Å². The second-order valence-corrected chi connectivity index (χ2v) is 5.33. The fraction of sp³-hybridized carbons (Fsp3) is 0.250. The highest BCUT2D eigenvalue weighted by atomic mass is 35.5. The van der Waals surface area contributed by atoms with Crippen molar-refractivity contribution < 1.29 is 4.39 Å². The monoisotopic (exact) mass is 292 g/mol. The summed E-state index contributed by atoms with van der Waals surface area (Å²) in [5, 5.41) is 3.87. The van der Waals surface area contributed by atoms with Crippen LogP contribution in [0.1, 0.15) is 11.6 Å². The number of anilines is 1. The van der Waals surface area contributed by atoms with E-state index in [2.05, 4.69) is 10.2 Å². The van der Waals surface area contributed by atoms with Crippen molar-refractivity contribution in [2.24, 2.45) is 0 Å². The van der Waals surface area contributed by atoms with Gasteiger partial charge >= 0.3 is 0 Å². The molecule has 4 heteroatoms. The molecule has 0 aliphatic rings. The summed E-state index contributed by atoms with van der Waals surface area (Å²) < 4.78 is 13.6. The van der Waals surface area contributed by atoms with Crippen LogP contribution in [0.3, 0.4) is 0 Å². The summed E-state index contributed by atoms with van der Waals surface area (Å²) in [6.07, 6.45) is 0. The number of halogens is 2. The first-order valence-electron chi connectivity index (χ1n) is 6.48. The Morgan fingerprint density at radius 3 is 2.35 bits per heavy atom. The summed E-state index contributed by atoms with van der Waals surface area (Å²) in [5.74, 6) is -0.235. The van der Waals surface area contributed by atoms with E-state index in [1.807, 2.05) is 44.4 Å². The maximum atomic E-state index is 13.6. The van der Waals surface area contributed by atoms with E-state index < -0.39 is 0 Å². The Morgan fingerprint density at radius 2 is 1.75 bits per heavy atom. The van der Waals surface area contributed by atoms with Gasteiger partial charge in [-0.05, 0) is 43.9 Å². The highest BCUT2D eigenvalue weighted by molar-refractivity contribution is 6.30. The van der Waals surface area contributed by atoms with Crippen LogP contribution in [0.25, 0.3) is 0 Å². The zero-order chi connectivity index (χ0) is 14.5. The Bertz CT molecular complexity index is 555. The van der Waals surface area contributed by atoms with Crippen molar-refractivity contribution in [1.29, 1.82) is 0 Å². The maximum Gasteiger partial charge on any atom is 0.146 e. The topological polar surface area (TPSA) is 15.3 Å². The van der Waals surface area contributed by atoms with Gasteiger partial charge in [-0.1, -0.05) is 35.9 Å². The van der Waals surface area contributed by atoms with Crippen LogP contribution >= 0.6 is 11.6 Å². The van der Waals surface area contributed by atoms with E-state index in [0.29, 0.717) is 17.3 Å². The maximum absolute atomic E-state index is 13.6. The minimum absolute atomic E-state index is 0.145. The largest absolute Gasteiger partial charge is 0.381 e. The molecule has 0 heterocycles. The highest BCUT2D eigenvalue weighted by Crippen LogP contribution is 2.22. The molecule has 1 unspecified atom stereocenters. The predicted octanol–water partition coefficient (Wildman–Crippen LogP) is 4.19. The van der Waals surface area contributed by atoms with Crippen molar-refractivity contribution >= 4 is 17.3 Å². The van der Waals surface area contributed by atoms with Gasteiger partial charge in [0, 0.05) is 11.6 Å². The Balaban J connectivity index is 2.11. The van der Waals surface area contributed by atoms with Gasteiger partial charge in [0.05, 0.1) is 11.7 Å². The van der Waals surface area contributed by atoms with Crippen LogP contribution in [0.4, 0.5) is 10.1 Å². The second kappa shape index (κ2) is 6.73. The molecule has 1 N–H and O–H groups in total. The smallest absolute Gasteiger partial charge is 0.146 e. The molecule has 0 radical (unpaired) electrons. The lowest BCUT2D eigenvalue weighted by Gasteiger charge is -2.25. The van der Waals surface area contributed by atoms with E-state index in [1.54, 1.807) is 12.1 Å². The predicted molar refractivity (Wildman–Crippen MR) is 82.8 cm³/mol. The third kappa shape index (κ3) is 3.71. The van der Waals surface area contributed by atoms with Crippen LogP contribution in [0.15, 0.2) is 48.5 Å². The number of nitrogens with one attached hydrogen (secondary N) is 1. The quantitative estimate of drug-likeness (QED) is 0.889. The Morgan fingerprint density at radius 1 is 1.10 bits per heavy atom. The third-order valence-corrected chi connectivity index (χ3v) is 3.49. The van der Waals surface area contributed by atoms with Gasteiger partial charge in [0.2, 0.25) is 0 Å². The Kier molecular flexibility index (Phi) is 4.99. The molecule has 2 nitrogen and oxygen atoms in total. The first-order chi connectivity index (χ1) is 9.58. The van der Waals surface area contributed by atoms with Crippen LogP contribution in [-0.4, -0.2) is 25.5 Å². The van der Waals surface area contributed by atoms with Crippen LogP contribution in [-0.2, 0) is 0 Å². The summed E-state index contributed by atoms with van der Waals surface area (Å²) in [7, 11) is 4.00. The zero-order valence-electron chi connectivity index (χ0n) is 11.6. The zero-order valence-corrected chi connectivity index (χ0v) is 12.4. The number of hydrogen-bond acceptors (Lipinski definition) is 2. The molecule has 0 spiro atoms. The molecule has 2 aromatic carbocycles. The summed E-state index contributed by atoms with van der Waals surface area (Å²) in [6.45, 7) is 0.621. The lowest BCUT2D eigenvalue weighted by Crippen LogP contribution is -2.27. The average molecular weight is 293 g/mol. The van der Waals surface area contributed by atoms with Crippen molar-refractivity contribution in [3.05, 3.63) is 64.9 Å². The van der Waals surface area contributed by atoms with Crippen LogP contribution in [0, 0.1) is 5.82 Å². The lowest BCUT2D eigenvalue weighted by atomic mass is 10.1. The molecule has 0 saturated heterocycles. The Hall–Kier alpha value is -1.58. The summed E-state index contributed by atoms with van der Waals surface area (Å²) in [6, 6.07) is 14.6. The molecular formula is C16H18ClFN2. The normalized spacial score (nSPS) is 12.4. The first-order valence-corrected chi connectivity index (χ1v) is 6.86. The van der Waals surface area contributed by atoms with Crippen LogP contribution in [0.5, 0.6) is 0 Å². The van der Waals surface area contributed by atoms with E-state index in [0.717, 1.165) is 5.56 Å². The molecule has 0 bridgehead atoms. The van der Waals surface area contributed by atoms with Crippen molar-refractivity contribution in [3.8, 4) is 0 Å². The van der Waals surface area contributed by atoms with E-state index in [-0.39, 0.29) is 11.9 Å². The molecule has 0 saturated carbocycles. The lowest BCUT2D eigenvalue weighted by molar-refractivity contribution is 0.311. The molecule has 1 atom stereocenters. The number of hydrogen-bond donors (Lipinski definition) is 1. The fourth-order valence-corrected chi connectivity index (χ4v) is 2.22. The van der Waals surface area contributed by atoms with Crippen LogP contribution in [0.2, 0.25) is 5.02 Å². The van der Waals surface area contributed by atoms with Gasteiger partial charge in [0.1, 0.15) is 5.82 Å². The number of benzene rings is 2. The van der Waals surface area contributed by atoms with Crippen molar-refractivity contribution in [3.63, 3.8) is 0 Å². The van der Waals surface area contributed by atoms with E-state index >= 15 is 0 Å². The molecule has 0 aliphatic carbocycles. The van der Waals surface area contributed by atoms with Gasteiger partial charge in [-0.25, -0.2) is 4.39 Å². The van der Waals surface area contributed by atoms with E-state index in [1.165, 1.54) is 6.07 Å². The van der Waals surface area contributed by atoms with Crippen molar-refractivity contribution in [2.75, 3.05) is 26.0 Å². The van der Waals surface area contributed by atoms with Crippen LogP contribution < -0.4 is 5.32 Å². The first kappa shape index (κ1) is 14.8. The molecule has 0 amide bonds. The number of para-hydroxylation sites is 1. The average Bonchev–Trinajstić information content (AvgIpc) is 2.42. The number of rotatable bonds is 5. The van der Waals surface area contributed by atoms with Gasteiger partial charge in [-0.15, -0.1) is 0 Å². The van der Waals surface area contributed by atoms with Gasteiger partial charge in [-0.2, -0.15) is 0 Å². The Labute approximate surface area is 124 Å². The third-order valence-electron chi connectivity index (χ3n) is 3.24. The number of likely N-dealkylation sites (N-methyl/N-ethyl adjacent to an activating group) is 1. The SMILES string of the molecule is CN(C)C(CNc1ccccc1F)c1ccc(Cl)cc1. The fourth-order valence-electron chi connectivity index (χ4n) is 2.09. The van der Waals surface area contributed by atoms with E-state index in [4.69, 9.17) is 11.6 Å². The summed E-state index contributed by atoms with van der Waals surface area (Å²) >= 11 is 5.91. The minimum atomic E-state index is -0.235. The molecule has 0 aromatic heterocycles. The molecule has 2 rings (SSSR count). The molecule has 2 aromatic rings. The highest BCUT2D eigenvalue weighted by Gasteiger charge is 2.14. The molecule has 0 fully saturated rings. The summed E-state index contributed by atoms with van der Waals surface area (Å²) in [5.41, 5.74) is 1.66. The second-order valence-electron chi connectivity index (χ2n) is 4.89. The molecule has 106 valence electrons. The van der Waals surface area contributed by atoms with Gasteiger partial charge in [0.15, 0.2) is 0 Å². The molecular weight excluding hydrogens is 275 g/mol. The number of nitrogens with zero attached hydrogens (tertiary/aromatic N) is 1. The minimum Gasteiger partial charge on any atom is -0.381 e. The summed E-state index contributed by atoms with van der Waals surface area (Å²) in [4.78, 5) is 2.09. The van der Waals surface area contributed by atoms with Crippen molar-refractivity contribution in [1.82, 2.24) is 4.90 Å². The molecule has 0 aliphatic heterocycles. The van der Waals surface area contributed by atoms with Gasteiger partial charge in [0.25, 0.3) is 0 Å².